The Hall–Kier alpha value is -2.28. The fourth-order valence-electron chi connectivity index (χ4n) is 2.59. The van der Waals surface area contributed by atoms with Crippen LogP contribution in [0.3, 0.4) is 0 Å². The minimum Gasteiger partial charge on any atom is -0.445 e. The fraction of sp³-hybridized carbons (Fsp3) is 0.579. The van der Waals surface area contributed by atoms with E-state index in [9.17, 15) is 9.59 Å². The number of carbonyl (C=O) groups excluding carboxylic acids is 2. The highest BCUT2D eigenvalue weighted by molar-refractivity contribution is 5.68. The van der Waals surface area contributed by atoms with Crippen molar-refractivity contribution < 1.29 is 19.1 Å². The van der Waals surface area contributed by atoms with Gasteiger partial charge in [-0.25, -0.2) is 9.59 Å². The predicted octanol–water partition coefficient (Wildman–Crippen LogP) is 2.47. The molecule has 0 bridgehead atoms. The molecule has 1 N–H and O–H groups in total. The molecule has 26 heavy (non-hydrogen) atoms. The van der Waals surface area contributed by atoms with E-state index in [4.69, 9.17) is 9.47 Å². The molecule has 1 heterocycles. The van der Waals surface area contributed by atoms with Gasteiger partial charge in [0.1, 0.15) is 12.2 Å². The lowest BCUT2D eigenvalue weighted by Gasteiger charge is -2.34. The highest BCUT2D eigenvalue weighted by atomic mass is 16.6. The van der Waals surface area contributed by atoms with Gasteiger partial charge in [-0.1, -0.05) is 30.3 Å². The first-order valence-corrected chi connectivity index (χ1v) is 8.98. The van der Waals surface area contributed by atoms with E-state index < -0.39 is 11.7 Å². The fourth-order valence-corrected chi connectivity index (χ4v) is 2.59. The molecule has 2 amide bonds. The Morgan fingerprint density at radius 2 is 1.73 bits per heavy atom. The van der Waals surface area contributed by atoms with E-state index in [1.165, 1.54) is 0 Å². The monoisotopic (exact) mass is 363 g/mol. The van der Waals surface area contributed by atoms with Gasteiger partial charge in [-0.3, -0.25) is 4.90 Å². The normalized spacial score (nSPS) is 15.4. The van der Waals surface area contributed by atoms with Gasteiger partial charge in [-0.15, -0.1) is 0 Å². The lowest BCUT2D eigenvalue weighted by Crippen LogP contribution is -2.50. The minimum absolute atomic E-state index is 0.277. The molecule has 1 aliphatic rings. The summed E-state index contributed by atoms with van der Waals surface area (Å²) in [5, 5.41) is 2.75. The van der Waals surface area contributed by atoms with Crippen LogP contribution in [0.1, 0.15) is 26.3 Å². The van der Waals surface area contributed by atoms with E-state index in [0.29, 0.717) is 26.2 Å². The number of nitrogens with one attached hydrogen (secondary N) is 1. The Labute approximate surface area is 155 Å². The summed E-state index contributed by atoms with van der Waals surface area (Å²) in [5.41, 5.74) is 0.489. The molecule has 0 radical (unpaired) electrons. The van der Waals surface area contributed by atoms with Crippen LogP contribution in [0.15, 0.2) is 30.3 Å². The highest BCUT2D eigenvalue weighted by Crippen LogP contribution is 2.08. The second-order valence-corrected chi connectivity index (χ2v) is 7.30. The van der Waals surface area contributed by atoms with Crippen molar-refractivity contribution in [3.63, 3.8) is 0 Å². The number of carbonyl (C=O) groups is 2. The molecule has 0 aromatic heterocycles. The first kappa shape index (κ1) is 20.0. The molecule has 2 rings (SSSR count). The number of amides is 2. The number of rotatable bonds is 5. The third-order valence-corrected chi connectivity index (χ3v) is 3.93. The Balaban J connectivity index is 1.61. The van der Waals surface area contributed by atoms with Gasteiger partial charge in [0.2, 0.25) is 0 Å². The number of benzene rings is 1. The number of hydrogen-bond donors (Lipinski definition) is 1. The summed E-state index contributed by atoms with van der Waals surface area (Å²) in [7, 11) is 0. The van der Waals surface area contributed by atoms with Crippen LogP contribution < -0.4 is 5.32 Å². The molecule has 0 spiro atoms. The van der Waals surface area contributed by atoms with Gasteiger partial charge in [-0.2, -0.15) is 0 Å². The lowest BCUT2D eigenvalue weighted by atomic mass is 10.2. The summed E-state index contributed by atoms with van der Waals surface area (Å²) in [6, 6.07) is 9.65. The van der Waals surface area contributed by atoms with Crippen molar-refractivity contribution in [1.29, 1.82) is 0 Å². The summed E-state index contributed by atoms with van der Waals surface area (Å²) in [5.74, 6) is 0. The standard InChI is InChI=1S/C19H29N3O4/c1-19(2,3)26-17(23)20-9-10-21-11-13-22(14-12-21)18(24)25-15-16-7-5-4-6-8-16/h4-8H,9-15H2,1-3H3,(H,20,23). The van der Waals surface area contributed by atoms with E-state index in [0.717, 1.165) is 25.2 Å². The second kappa shape index (κ2) is 9.43. The third-order valence-electron chi connectivity index (χ3n) is 3.93. The van der Waals surface area contributed by atoms with Gasteiger partial charge in [0, 0.05) is 39.3 Å². The summed E-state index contributed by atoms with van der Waals surface area (Å²) in [4.78, 5) is 27.7. The van der Waals surface area contributed by atoms with Crippen molar-refractivity contribution in [2.75, 3.05) is 39.3 Å². The van der Waals surface area contributed by atoms with Gasteiger partial charge in [0.25, 0.3) is 0 Å². The van der Waals surface area contributed by atoms with Crippen LogP contribution in [0.25, 0.3) is 0 Å². The van der Waals surface area contributed by atoms with Crippen LogP contribution in [0.4, 0.5) is 9.59 Å². The van der Waals surface area contributed by atoms with E-state index in [1.807, 2.05) is 51.1 Å². The van der Waals surface area contributed by atoms with Crippen molar-refractivity contribution >= 4 is 12.2 Å². The molecule has 1 saturated heterocycles. The predicted molar refractivity (Wildman–Crippen MR) is 98.9 cm³/mol. The summed E-state index contributed by atoms with van der Waals surface area (Å²) >= 11 is 0. The van der Waals surface area contributed by atoms with Crippen LogP contribution in [-0.2, 0) is 16.1 Å². The zero-order valence-electron chi connectivity index (χ0n) is 15.9. The molecule has 0 atom stereocenters. The first-order chi connectivity index (χ1) is 12.3. The largest absolute Gasteiger partial charge is 0.445 e. The average molecular weight is 363 g/mol. The van der Waals surface area contributed by atoms with Gasteiger partial charge in [0.15, 0.2) is 0 Å². The SMILES string of the molecule is CC(C)(C)OC(=O)NCCN1CCN(C(=O)OCc2ccccc2)CC1. The van der Waals surface area contributed by atoms with Gasteiger partial charge in [0.05, 0.1) is 0 Å². The van der Waals surface area contributed by atoms with Crippen LogP contribution in [0.2, 0.25) is 0 Å². The Bertz CT molecular complexity index is 578. The molecule has 1 aromatic carbocycles. The number of piperazine rings is 1. The van der Waals surface area contributed by atoms with Crippen LogP contribution in [-0.4, -0.2) is 66.9 Å². The van der Waals surface area contributed by atoms with E-state index in [1.54, 1.807) is 4.90 Å². The maximum Gasteiger partial charge on any atom is 0.410 e. The zero-order chi connectivity index (χ0) is 19.0. The average Bonchev–Trinajstić information content (AvgIpc) is 2.59. The van der Waals surface area contributed by atoms with Crippen molar-refractivity contribution in [3.8, 4) is 0 Å². The molecular weight excluding hydrogens is 334 g/mol. The number of hydrogen-bond acceptors (Lipinski definition) is 5. The lowest BCUT2D eigenvalue weighted by molar-refractivity contribution is 0.0512. The van der Waals surface area contributed by atoms with Crippen LogP contribution >= 0.6 is 0 Å². The van der Waals surface area contributed by atoms with Gasteiger partial charge < -0.3 is 19.7 Å². The Kier molecular flexibility index (Phi) is 7.26. The number of alkyl carbamates (subject to hydrolysis) is 1. The van der Waals surface area contributed by atoms with Crippen LogP contribution in [0.5, 0.6) is 0 Å². The van der Waals surface area contributed by atoms with Crippen LogP contribution in [0, 0.1) is 0 Å². The first-order valence-electron chi connectivity index (χ1n) is 8.98. The smallest absolute Gasteiger partial charge is 0.410 e. The molecule has 0 unspecified atom stereocenters. The molecule has 1 aliphatic heterocycles. The maximum atomic E-state index is 12.1. The second-order valence-electron chi connectivity index (χ2n) is 7.30. The molecule has 0 aliphatic carbocycles. The minimum atomic E-state index is -0.490. The maximum absolute atomic E-state index is 12.1. The molecule has 7 heteroatoms. The van der Waals surface area contributed by atoms with Gasteiger partial charge >= 0.3 is 12.2 Å². The number of nitrogens with zero attached hydrogens (tertiary/aromatic N) is 2. The van der Waals surface area contributed by atoms with E-state index in [-0.39, 0.29) is 6.09 Å². The van der Waals surface area contributed by atoms with Crippen molar-refractivity contribution in [1.82, 2.24) is 15.1 Å². The Morgan fingerprint density at radius 3 is 2.35 bits per heavy atom. The van der Waals surface area contributed by atoms with Crippen molar-refractivity contribution in [2.24, 2.45) is 0 Å². The Morgan fingerprint density at radius 1 is 1.08 bits per heavy atom. The quantitative estimate of drug-likeness (QED) is 0.870. The molecule has 0 saturated carbocycles. The molecule has 7 nitrogen and oxygen atoms in total. The highest BCUT2D eigenvalue weighted by Gasteiger charge is 2.22. The number of ether oxygens (including phenoxy) is 2. The zero-order valence-corrected chi connectivity index (χ0v) is 15.9. The van der Waals surface area contributed by atoms with Crippen molar-refractivity contribution in [2.45, 2.75) is 33.0 Å². The molecule has 1 fully saturated rings. The van der Waals surface area contributed by atoms with E-state index >= 15 is 0 Å². The van der Waals surface area contributed by atoms with Crippen molar-refractivity contribution in [3.05, 3.63) is 35.9 Å². The summed E-state index contributed by atoms with van der Waals surface area (Å²) in [6.45, 7) is 9.82. The van der Waals surface area contributed by atoms with E-state index in [2.05, 4.69) is 10.2 Å². The molecule has 144 valence electrons. The molecule has 1 aromatic rings. The third kappa shape index (κ3) is 7.31. The summed E-state index contributed by atoms with van der Waals surface area (Å²) in [6.07, 6.45) is -0.680. The topological polar surface area (TPSA) is 71.1 Å². The molecular formula is C19H29N3O4. The summed E-state index contributed by atoms with van der Waals surface area (Å²) < 4.78 is 10.6. The van der Waals surface area contributed by atoms with Gasteiger partial charge in [-0.05, 0) is 26.3 Å².